The molecule has 0 saturated heterocycles. The molecule has 42 heavy (non-hydrogen) atoms. The molecule has 0 radical (unpaired) electrons. The van der Waals surface area contributed by atoms with Crippen LogP contribution in [-0.2, 0) is 17.5 Å². The standard InChI is InChI=1S/C32H26Cl2F3N3O2/c33-24-16-38-17-25(34)27(24)28-22(29(42-40-28)20-2-3-20)18-41-31-11-8-30(9-12-31,10-13-31)7-5-19-1-4-26-21(15-19)23(6-14-39-26)32(35,36)37/h1,4,6,14-17,20H,2-3,8-13,18H2. The average Bonchev–Trinajstić information content (AvgIpc) is 3.75. The van der Waals surface area contributed by atoms with Gasteiger partial charge in [0.1, 0.15) is 11.5 Å². The zero-order valence-electron chi connectivity index (χ0n) is 22.5. The summed E-state index contributed by atoms with van der Waals surface area (Å²) in [6, 6.07) is 5.86. The van der Waals surface area contributed by atoms with Gasteiger partial charge in [-0.25, -0.2) is 0 Å². The zero-order chi connectivity index (χ0) is 29.1. The third-order valence-electron chi connectivity index (χ3n) is 9.08. The van der Waals surface area contributed by atoms with Crippen LogP contribution in [0.3, 0.4) is 0 Å². The van der Waals surface area contributed by atoms with Crippen LogP contribution in [0.25, 0.3) is 22.2 Å². The van der Waals surface area contributed by atoms with Crippen LogP contribution in [-0.4, -0.2) is 20.7 Å². The molecule has 0 unspecified atom stereocenters. The maximum Gasteiger partial charge on any atom is 0.417 e. The molecular weight excluding hydrogens is 586 g/mol. The monoisotopic (exact) mass is 611 g/mol. The van der Waals surface area contributed by atoms with Gasteiger partial charge in [-0.1, -0.05) is 40.2 Å². The SMILES string of the molecule is FC(F)(F)c1ccnc2ccc(C#CC34CCC(OCc5c(-c6c(Cl)cncc6Cl)noc5C5CC5)(CC3)CC4)cc12. The van der Waals surface area contributed by atoms with Gasteiger partial charge >= 0.3 is 6.18 Å². The second-order valence-corrected chi connectivity index (χ2v) is 12.5. The highest BCUT2D eigenvalue weighted by molar-refractivity contribution is 6.38. The van der Waals surface area contributed by atoms with E-state index in [1.54, 1.807) is 24.5 Å². The molecule has 5 nitrogen and oxygen atoms in total. The Balaban J connectivity index is 1.09. The molecule has 1 aromatic carbocycles. The van der Waals surface area contributed by atoms with Gasteiger partial charge in [-0.15, -0.1) is 0 Å². The van der Waals surface area contributed by atoms with Crippen molar-refractivity contribution in [3.05, 3.63) is 75.4 Å². The summed E-state index contributed by atoms with van der Waals surface area (Å²) in [6.45, 7) is 0.352. The molecule has 0 N–H and O–H groups in total. The number of ether oxygens (including phenoxy) is 1. The topological polar surface area (TPSA) is 61.0 Å². The first-order valence-electron chi connectivity index (χ1n) is 14.1. The zero-order valence-corrected chi connectivity index (χ0v) is 24.0. The van der Waals surface area contributed by atoms with Crippen molar-refractivity contribution in [3.63, 3.8) is 0 Å². The number of hydrogen-bond donors (Lipinski definition) is 0. The molecule has 4 aromatic rings. The Morgan fingerprint density at radius 2 is 1.71 bits per heavy atom. The highest BCUT2D eigenvalue weighted by atomic mass is 35.5. The number of aromatic nitrogens is 3. The Labute approximate surface area is 250 Å². The van der Waals surface area contributed by atoms with E-state index in [1.165, 1.54) is 12.3 Å². The minimum absolute atomic E-state index is 0.0713. The number of nitrogens with zero attached hydrogens (tertiary/aromatic N) is 3. The fourth-order valence-corrected chi connectivity index (χ4v) is 6.96. The van der Waals surface area contributed by atoms with Crippen molar-refractivity contribution in [3.8, 4) is 23.1 Å². The molecule has 4 fully saturated rings. The quantitative estimate of drug-likeness (QED) is 0.211. The van der Waals surface area contributed by atoms with E-state index in [9.17, 15) is 13.2 Å². The predicted octanol–water partition coefficient (Wildman–Crippen LogP) is 9.15. The van der Waals surface area contributed by atoms with Crippen molar-refractivity contribution in [1.82, 2.24) is 15.1 Å². The minimum atomic E-state index is -4.45. The highest BCUT2D eigenvalue weighted by Gasteiger charge is 2.49. The number of benzene rings is 1. The fourth-order valence-electron chi connectivity index (χ4n) is 6.42. The van der Waals surface area contributed by atoms with Crippen LogP contribution in [0.2, 0.25) is 10.0 Å². The summed E-state index contributed by atoms with van der Waals surface area (Å²) in [6.07, 6.45) is 7.13. The van der Waals surface area contributed by atoms with Gasteiger partial charge in [0.2, 0.25) is 0 Å². The third kappa shape index (κ3) is 5.06. The van der Waals surface area contributed by atoms with E-state index >= 15 is 0 Å². The van der Waals surface area contributed by atoms with Gasteiger partial charge in [0.25, 0.3) is 0 Å². The maximum atomic E-state index is 13.5. The van der Waals surface area contributed by atoms with E-state index < -0.39 is 11.7 Å². The van der Waals surface area contributed by atoms with Crippen LogP contribution in [0.15, 0.2) is 47.4 Å². The normalized spacial score (nSPS) is 23.6. The lowest BCUT2D eigenvalue weighted by Crippen LogP contribution is -2.47. The molecule has 4 aliphatic carbocycles. The summed E-state index contributed by atoms with van der Waals surface area (Å²) < 4.78 is 53.1. The molecule has 216 valence electrons. The predicted molar refractivity (Wildman–Crippen MR) is 153 cm³/mol. The van der Waals surface area contributed by atoms with Crippen LogP contribution in [0.5, 0.6) is 0 Å². The highest BCUT2D eigenvalue weighted by Crippen LogP contribution is 2.54. The van der Waals surface area contributed by atoms with Crippen LogP contribution in [0, 0.1) is 17.3 Å². The molecule has 0 amide bonds. The van der Waals surface area contributed by atoms with Crippen LogP contribution >= 0.6 is 23.2 Å². The summed E-state index contributed by atoms with van der Waals surface area (Å²) in [4.78, 5) is 8.15. The van der Waals surface area contributed by atoms with Gasteiger partial charge in [0.05, 0.1) is 33.3 Å². The van der Waals surface area contributed by atoms with Crippen molar-refractivity contribution in [1.29, 1.82) is 0 Å². The van der Waals surface area contributed by atoms with Gasteiger partial charge in [-0.05, 0) is 75.6 Å². The molecule has 3 aromatic heterocycles. The van der Waals surface area contributed by atoms with E-state index in [1.807, 2.05) is 0 Å². The van der Waals surface area contributed by atoms with Crippen LogP contribution < -0.4 is 0 Å². The number of rotatable bonds is 5. The molecule has 0 aliphatic heterocycles. The summed E-state index contributed by atoms with van der Waals surface area (Å²) in [5, 5.41) is 5.25. The Morgan fingerprint density at radius 1 is 1.00 bits per heavy atom. The van der Waals surface area contributed by atoms with Crippen molar-refractivity contribution in [2.75, 3.05) is 0 Å². The molecule has 0 spiro atoms. The molecule has 4 saturated carbocycles. The van der Waals surface area contributed by atoms with E-state index in [-0.39, 0.29) is 16.4 Å². The second-order valence-electron chi connectivity index (χ2n) is 11.7. The van der Waals surface area contributed by atoms with Gasteiger partial charge < -0.3 is 9.26 Å². The van der Waals surface area contributed by atoms with Crippen LogP contribution in [0.1, 0.15) is 79.7 Å². The average molecular weight is 612 g/mol. The molecule has 10 heteroatoms. The van der Waals surface area contributed by atoms with Crippen molar-refractivity contribution >= 4 is 34.1 Å². The summed E-state index contributed by atoms with van der Waals surface area (Å²) in [7, 11) is 0. The maximum absolute atomic E-state index is 13.5. The summed E-state index contributed by atoms with van der Waals surface area (Å²) in [5.41, 5.74) is 1.86. The van der Waals surface area contributed by atoms with Crippen molar-refractivity contribution in [2.45, 2.75) is 75.7 Å². The molecule has 8 rings (SSSR count). The van der Waals surface area contributed by atoms with Crippen molar-refractivity contribution < 1.29 is 22.4 Å². The van der Waals surface area contributed by atoms with Crippen LogP contribution in [0.4, 0.5) is 13.2 Å². The lowest BCUT2D eigenvalue weighted by molar-refractivity contribution is -0.136. The van der Waals surface area contributed by atoms with E-state index in [4.69, 9.17) is 32.5 Å². The number of fused-ring (bicyclic) bond motifs is 4. The van der Waals surface area contributed by atoms with Gasteiger partial charge in [-0.3, -0.25) is 9.97 Å². The van der Waals surface area contributed by atoms with E-state index in [0.717, 1.165) is 68.8 Å². The number of halogens is 5. The second kappa shape index (κ2) is 10.3. The molecule has 2 bridgehead atoms. The van der Waals surface area contributed by atoms with Crippen molar-refractivity contribution in [2.24, 2.45) is 5.41 Å². The molecule has 4 aliphatic rings. The lowest BCUT2D eigenvalue weighted by atomic mass is 9.59. The van der Waals surface area contributed by atoms with E-state index in [2.05, 4.69) is 27.0 Å². The third-order valence-corrected chi connectivity index (χ3v) is 9.65. The Bertz CT molecular complexity index is 1710. The first-order chi connectivity index (χ1) is 20.2. The summed E-state index contributed by atoms with van der Waals surface area (Å²) >= 11 is 12.9. The van der Waals surface area contributed by atoms with Gasteiger partial charge in [0.15, 0.2) is 0 Å². The van der Waals surface area contributed by atoms with E-state index in [0.29, 0.717) is 44.9 Å². The molecule has 0 atom stereocenters. The lowest BCUT2D eigenvalue weighted by Gasteiger charge is -2.51. The summed E-state index contributed by atoms with van der Waals surface area (Å²) in [5.74, 6) is 7.83. The smallest absolute Gasteiger partial charge is 0.370 e. The largest absolute Gasteiger partial charge is 0.417 e. The molecular formula is C32H26Cl2F3N3O2. The number of alkyl halides is 3. The Kier molecular flexibility index (Phi) is 6.76. The first kappa shape index (κ1) is 27.7. The number of hydrogen-bond acceptors (Lipinski definition) is 5. The number of pyridine rings is 2. The Morgan fingerprint density at radius 3 is 2.38 bits per heavy atom. The Hall–Kier alpha value is -3.12. The van der Waals surface area contributed by atoms with Gasteiger partial charge in [-0.2, -0.15) is 13.2 Å². The molecule has 3 heterocycles. The fraction of sp³-hybridized carbons (Fsp3) is 0.406. The minimum Gasteiger partial charge on any atom is -0.370 e. The first-order valence-corrected chi connectivity index (χ1v) is 14.8. The van der Waals surface area contributed by atoms with Gasteiger partial charge in [0, 0.05) is 52.0 Å².